The molecular formula is C12H12N2O2. The van der Waals surface area contributed by atoms with Gasteiger partial charge in [0.05, 0.1) is 18.8 Å². The van der Waals surface area contributed by atoms with Crippen LogP contribution in [0.1, 0.15) is 12.0 Å². The summed E-state index contributed by atoms with van der Waals surface area (Å²) in [5.41, 5.74) is 2.95. The Morgan fingerprint density at radius 3 is 3.06 bits per heavy atom. The standard InChI is InChI=1S/C12H12N2O2/c1-16-12(15)10-7-9-6-8-4-2-3-5-11(8)14(9)13-10/h2-5,9H,6-7H2,1H3. The second kappa shape index (κ2) is 3.33. The number of rotatable bonds is 1. The van der Waals surface area contributed by atoms with Crippen LogP contribution in [0.15, 0.2) is 29.4 Å². The zero-order valence-electron chi connectivity index (χ0n) is 9.01. The predicted molar refractivity (Wildman–Crippen MR) is 60.5 cm³/mol. The van der Waals surface area contributed by atoms with Crippen molar-refractivity contribution in [1.82, 2.24) is 0 Å². The smallest absolute Gasteiger partial charge is 0.354 e. The van der Waals surface area contributed by atoms with Crippen molar-refractivity contribution in [2.45, 2.75) is 18.9 Å². The highest BCUT2D eigenvalue weighted by atomic mass is 16.5. The average molecular weight is 216 g/mol. The molecule has 0 N–H and O–H groups in total. The van der Waals surface area contributed by atoms with Gasteiger partial charge in [-0.1, -0.05) is 18.2 Å². The van der Waals surface area contributed by atoms with E-state index in [4.69, 9.17) is 4.74 Å². The molecule has 4 heteroatoms. The number of para-hydroxylation sites is 1. The molecule has 0 radical (unpaired) electrons. The van der Waals surface area contributed by atoms with Crippen LogP contribution in [0.4, 0.5) is 5.69 Å². The fourth-order valence-corrected chi connectivity index (χ4v) is 2.37. The van der Waals surface area contributed by atoms with Crippen molar-refractivity contribution in [3.8, 4) is 0 Å². The summed E-state index contributed by atoms with van der Waals surface area (Å²) in [7, 11) is 1.39. The van der Waals surface area contributed by atoms with E-state index in [9.17, 15) is 4.79 Å². The molecule has 1 aromatic rings. The first-order valence-corrected chi connectivity index (χ1v) is 5.32. The van der Waals surface area contributed by atoms with E-state index in [1.54, 1.807) is 0 Å². The second-order valence-electron chi connectivity index (χ2n) is 4.07. The van der Waals surface area contributed by atoms with Crippen LogP contribution in [-0.2, 0) is 16.0 Å². The summed E-state index contributed by atoms with van der Waals surface area (Å²) in [6.07, 6.45) is 1.64. The molecule has 1 aromatic carbocycles. The summed E-state index contributed by atoms with van der Waals surface area (Å²) in [5, 5.41) is 6.28. The Balaban J connectivity index is 1.95. The monoisotopic (exact) mass is 216 g/mol. The van der Waals surface area contributed by atoms with Gasteiger partial charge in [0.2, 0.25) is 0 Å². The Morgan fingerprint density at radius 2 is 2.25 bits per heavy atom. The lowest BCUT2D eigenvalue weighted by Crippen LogP contribution is -2.22. The average Bonchev–Trinajstić information content (AvgIpc) is 2.85. The van der Waals surface area contributed by atoms with Crippen molar-refractivity contribution in [1.29, 1.82) is 0 Å². The third-order valence-corrected chi connectivity index (χ3v) is 3.12. The van der Waals surface area contributed by atoms with E-state index in [0.717, 1.165) is 12.1 Å². The van der Waals surface area contributed by atoms with Gasteiger partial charge < -0.3 is 4.74 Å². The highest BCUT2D eigenvalue weighted by molar-refractivity contribution is 6.37. The van der Waals surface area contributed by atoms with Crippen LogP contribution in [0.3, 0.4) is 0 Å². The van der Waals surface area contributed by atoms with E-state index in [1.165, 1.54) is 12.7 Å². The van der Waals surface area contributed by atoms with Crippen molar-refractivity contribution in [2.24, 2.45) is 5.10 Å². The molecule has 16 heavy (non-hydrogen) atoms. The fraction of sp³-hybridized carbons (Fsp3) is 0.333. The van der Waals surface area contributed by atoms with Crippen molar-refractivity contribution >= 4 is 17.4 Å². The number of anilines is 1. The number of hydrogen-bond donors (Lipinski definition) is 0. The van der Waals surface area contributed by atoms with Gasteiger partial charge in [-0.25, -0.2) is 4.79 Å². The largest absolute Gasteiger partial charge is 0.464 e. The van der Waals surface area contributed by atoms with Crippen LogP contribution >= 0.6 is 0 Å². The summed E-state index contributed by atoms with van der Waals surface area (Å²) in [5.74, 6) is -0.313. The summed E-state index contributed by atoms with van der Waals surface area (Å²) in [6, 6.07) is 8.48. The first-order valence-electron chi connectivity index (χ1n) is 5.32. The molecule has 1 atom stereocenters. The number of carbonyl (C=O) groups is 1. The molecule has 2 heterocycles. The molecule has 0 saturated heterocycles. The molecule has 3 rings (SSSR count). The van der Waals surface area contributed by atoms with E-state index >= 15 is 0 Å². The van der Waals surface area contributed by atoms with Crippen LogP contribution in [0.25, 0.3) is 0 Å². The van der Waals surface area contributed by atoms with Gasteiger partial charge >= 0.3 is 5.97 Å². The fourth-order valence-electron chi connectivity index (χ4n) is 2.37. The molecule has 1 unspecified atom stereocenters. The van der Waals surface area contributed by atoms with Crippen molar-refractivity contribution in [3.05, 3.63) is 29.8 Å². The third-order valence-electron chi connectivity index (χ3n) is 3.12. The minimum atomic E-state index is -0.313. The first-order chi connectivity index (χ1) is 7.79. The Hall–Kier alpha value is -1.84. The van der Waals surface area contributed by atoms with Crippen LogP contribution in [-0.4, -0.2) is 24.8 Å². The van der Waals surface area contributed by atoms with Gasteiger partial charge in [-0.15, -0.1) is 0 Å². The molecule has 2 aliphatic heterocycles. The maximum Gasteiger partial charge on any atom is 0.354 e. The van der Waals surface area contributed by atoms with Crippen molar-refractivity contribution < 1.29 is 9.53 Å². The van der Waals surface area contributed by atoms with Gasteiger partial charge in [0.15, 0.2) is 0 Å². The van der Waals surface area contributed by atoms with E-state index in [-0.39, 0.29) is 5.97 Å². The number of esters is 1. The zero-order chi connectivity index (χ0) is 11.1. The quantitative estimate of drug-likeness (QED) is 0.665. The molecule has 0 saturated carbocycles. The highest BCUT2D eigenvalue weighted by Crippen LogP contribution is 2.36. The number of carbonyl (C=O) groups excluding carboxylic acids is 1. The summed E-state index contributed by atoms with van der Waals surface area (Å²) < 4.78 is 4.69. The number of nitrogens with zero attached hydrogens (tertiary/aromatic N) is 2. The Kier molecular flexibility index (Phi) is 1.96. The molecule has 82 valence electrons. The summed E-state index contributed by atoms with van der Waals surface area (Å²) >= 11 is 0. The van der Waals surface area contributed by atoms with E-state index in [0.29, 0.717) is 18.2 Å². The number of methoxy groups -OCH3 is 1. The van der Waals surface area contributed by atoms with Gasteiger partial charge in [0, 0.05) is 6.42 Å². The van der Waals surface area contributed by atoms with Crippen LogP contribution in [0, 0.1) is 0 Å². The lowest BCUT2D eigenvalue weighted by molar-refractivity contribution is -0.132. The second-order valence-corrected chi connectivity index (χ2v) is 4.07. The number of hydrazone groups is 1. The highest BCUT2D eigenvalue weighted by Gasteiger charge is 2.37. The van der Waals surface area contributed by atoms with Crippen LogP contribution in [0.5, 0.6) is 0 Å². The number of fused-ring (bicyclic) bond motifs is 3. The number of benzene rings is 1. The Labute approximate surface area is 93.5 Å². The van der Waals surface area contributed by atoms with E-state index in [1.807, 2.05) is 23.2 Å². The van der Waals surface area contributed by atoms with E-state index < -0.39 is 0 Å². The molecule has 0 amide bonds. The molecular weight excluding hydrogens is 204 g/mol. The molecule has 0 aromatic heterocycles. The van der Waals surface area contributed by atoms with Gasteiger partial charge in [-0.3, -0.25) is 5.01 Å². The predicted octanol–water partition coefficient (Wildman–Crippen LogP) is 1.35. The lowest BCUT2D eigenvalue weighted by atomic mass is 10.1. The number of hydrogen-bond acceptors (Lipinski definition) is 4. The number of ether oxygens (including phenoxy) is 1. The zero-order valence-corrected chi connectivity index (χ0v) is 9.01. The van der Waals surface area contributed by atoms with Crippen molar-refractivity contribution in [3.63, 3.8) is 0 Å². The lowest BCUT2D eigenvalue weighted by Gasteiger charge is -2.13. The summed E-state index contributed by atoms with van der Waals surface area (Å²) in [6.45, 7) is 0. The van der Waals surface area contributed by atoms with E-state index in [2.05, 4.69) is 11.2 Å². The molecule has 4 nitrogen and oxygen atoms in total. The summed E-state index contributed by atoms with van der Waals surface area (Å²) in [4.78, 5) is 11.4. The molecule has 2 aliphatic rings. The molecule has 0 aliphatic carbocycles. The van der Waals surface area contributed by atoms with Gasteiger partial charge in [0.25, 0.3) is 0 Å². The van der Waals surface area contributed by atoms with Crippen LogP contribution in [0.2, 0.25) is 0 Å². The SMILES string of the molecule is COC(=O)C1=NN2c3ccccc3CC2C1. The Bertz CT molecular complexity index is 482. The normalized spacial score (nSPS) is 21.4. The molecule has 0 fully saturated rings. The maximum absolute atomic E-state index is 11.4. The van der Waals surface area contributed by atoms with Gasteiger partial charge in [-0.2, -0.15) is 5.10 Å². The minimum absolute atomic E-state index is 0.298. The molecule has 0 spiro atoms. The van der Waals surface area contributed by atoms with Gasteiger partial charge in [0.1, 0.15) is 5.71 Å². The van der Waals surface area contributed by atoms with Crippen molar-refractivity contribution in [2.75, 3.05) is 12.1 Å². The van der Waals surface area contributed by atoms with Gasteiger partial charge in [-0.05, 0) is 18.1 Å². The molecule has 0 bridgehead atoms. The topological polar surface area (TPSA) is 41.9 Å². The first kappa shape index (κ1) is 9.39. The minimum Gasteiger partial charge on any atom is -0.464 e. The third kappa shape index (κ3) is 1.23. The van der Waals surface area contributed by atoms with Crippen LogP contribution < -0.4 is 5.01 Å². The Morgan fingerprint density at radius 1 is 1.44 bits per heavy atom. The maximum atomic E-state index is 11.4.